The van der Waals surface area contributed by atoms with E-state index in [2.05, 4.69) is 15.6 Å². The number of anilines is 2. The van der Waals surface area contributed by atoms with Gasteiger partial charge in [0.1, 0.15) is 21.8 Å². The molecule has 1 aliphatic rings. The largest absolute Gasteiger partial charge is 0.322 e. The predicted octanol–water partition coefficient (Wildman–Crippen LogP) is 5.02. The first-order chi connectivity index (χ1) is 21.5. The molecule has 0 aliphatic heterocycles. The fourth-order valence-corrected chi connectivity index (χ4v) is 6.95. The monoisotopic (exact) mass is 601 g/mol. The van der Waals surface area contributed by atoms with Gasteiger partial charge in [-0.05, 0) is 73.2 Å². The van der Waals surface area contributed by atoms with Gasteiger partial charge in [-0.25, -0.2) is 4.98 Å². The van der Waals surface area contributed by atoms with E-state index in [1.54, 1.807) is 47.4 Å². The summed E-state index contributed by atoms with van der Waals surface area (Å²) in [5, 5.41) is 15.7. The number of nitrogens with one attached hydrogen (secondary N) is 3. The maximum Gasteiger partial charge on any atom is 0.267 e. The summed E-state index contributed by atoms with van der Waals surface area (Å²) < 4.78 is 2.97. The topological polar surface area (TPSA) is 134 Å². The number of rotatable bonds is 6. The van der Waals surface area contributed by atoms with E-state index < -0.39 is 5.91 Å². The number of hydrogen-bond donors (Lipinski definition) is 3. The molecule has 0 radical (unpaired) electrons. The second-order valence-corrected chi connectivity index (χ2v) is 11.7. The van der Waals surface area contributed by atoms with Gasteiger partial charge in [0.25, 0.3) is 17.4 Å². The van der Waals surface area contributed by atoms with Crippen molar-refractivity contribution >= 4 is 50.5 Å². The van der Waals surface area contributed by atoms with Gasteiger partial charge in [-0.2, -0.15) is 0 Å². The number of hydrogen-bond acceptors (Lipinski definition) is 7. The highest BCUT2D eigenvalue weighted by Crippen LogP contribution is 2.38. The molecule has 2 amide bonds. The third kappa shape index (κ3) is 4.96. The first kappa shape index (κ1) is 27.4. The predicted molar refractivity (Wildman–Crippen MR) is 169 cm³/mol. The van der Waals surface area contributed by atoms with Crippen LogP contribution in [0.25, 0.3) is 16.7 Å². The summed E-state index contributed by atoms with van der Waals surface area (Å²) in [6.45, 7) is 0.178. The summed E-state index contributed by atoms with van der Waals surface area (Å²) in [6.07, 6.45) is 8.51. The molecule has 6 aromatic rings. The maximum absolute atomic E-state index is 14.0. The van der Waals surface area contributed by atoms with E-state index in [9.17, 15) is 14.4 Å². The smallest absolute Gasteiger partial charge is 0.267 e. The van der Waals surface area contributed by atoms with Crippen LogP contribution in [0, 0.1) is 5.41 Å². The first-order valence-corrected chi connectivity index (χ1v) is 15.1. The quantitative estimate of drug-likeness (QED) is 0.231. The van der Waals surface area contributed by atoms with Crippen molar-refractivity contribution in [3.8, 4) is 0 Å². The summed E-state index contributed by atoms with van der Waals surface area (Å²) >= 11 is 1.40. The van der Waals surface area contributed by atoms with E-state index in [-0.39, 0.29) is 34.4 Å². The highest BCUT2D eigenvalue weighted by Gasteiger charge is 2.27. The molecule has 5 aromatic heterocycles. The Morgan fingerprint density at radius 1 is 0.955 bits per heavy atom. The van der Waals surface area contributed by atoms with Gasteiger partial charge in [-0.15, -0.1) is 11.3 Å². The number of thiophene rings is 1. The zero-order valence-corrected chi connectivity index (χ0v) is 24.4. The van der Waals surface area contributed by atoms with E-state index in [0.717, 1.165) is 41.7 Å². The summed E-state index contributed by atoms with van der Waals surface area (Å²) in [5.41, 5.74) is 3.10. The second-order valence-electron chi connectivity index (χ2n) is 10.6. The van der Waals surface area contributed by atoms with Crippen LogP contribution in [0.15, 0.2) is 90.1 Å². The molecule has 7 rings (SSSR count). The lowest BCUT2D eigenvalue weighted by Gasteiger charge is -2.15. The molecule has 218 valence electrons. The van der Waals surface area contributed by atoms with Crippen LogP contribution in [-0.4, -0.2) is 30.8 Å². The third-order valence-corrected chi connectivity index (χ3v) is 8.99. The molecule has 0 bridgehead atoms. The Kier molecular flexibility index (Phi) is 7.07. The van der Waals surface area contributed by atoms with Crippen molar-refractivity contribution in [2.75, 3.05) is 10.6 Å². The number of carbonyl (C=O) groups excluding carboxylic acids is 2. The lowest BCUT2D eigenvalue weighted by molar-refractivity contribution is 0.102. The number of para-hydroxylation sites is 1. The molecule has 10 nitrogen and oxygen atoms in total. The number of aromatic nitrogens is 4. The fourth-order valence-electron chi connectivity index (χ4n) is 5.67. The van der Waals surface area contributed by atoms with E-state index in [1.165, 1.54) is 21.8 Å². The van der Waals surface area contributed by atoms with Crippen LogP contribution in [0.4, 0.5) is 10.7 Å². The molecule has 0 spiro atoms. The summed E-state index contributed by atoms with van der Waals surface area (Å²) in [6, 6.07) is 19.5. The number of benzene rings is 1. The van der Waals surface area contributed by atoms with Crippen molar-refractivity contribution in [3.05, 3.63) is 128 Å². The molecule has 0 unspecified atom stereocenters. The van der Waals surface area contributed by atoms with E-state index in [0.29, 0.717) is 27.5 Å². The average Bonchev–Trinajstić information content (AvgIpc) is 3.41. The van der Waals surface area contributed by atoms with Crippen LogP contribution in [0.3, 0.4) is 0 Å². The number of aryl methyl sites for hydroxylation is 1. The average molecular weight is 602 g/mol. The van der Waals surface area contributed by atoms with Crippen LogP contribution >= 0.6 is 11.3 Å². The lowest BCUT2D eigenvalue weighted by atomic mass is 9.95. The zero-order chi connectivity index (χ0) is 30.2. The van der Waals surface area contributed by atoms with E-state index >= 15 is 0 Å². The van der Waals surface area contributed by atoms with E-state index in [4.69, 9.17) is 10.4 Å². The molecular weight excluding hydrogens is 574 g/mol. The Labute approximate surface area is 255 Å². The van der Waals surface area contributed by atoms with Crippen LogP contribution in [0.5, 0.6) is 0 Å². The Morgan fingerprint density at radius 2 is 1.77 bits per heavy atom. The highest BCUT2D eigenvalue weighted by atomic mass is 32.1. The summed E-state index contributed by atoms with van der Waals surface area (Å²) in [5.74, 6) is -0.877. The number of nitrogens with zero attached hydrogens (tertiary/aromatic N) is 4. The molecule has 1 aliphatic carbocycles. The van der Waals surface area contributed by atoms with Crippen molar-refractivity contribution < 1.29 is 9.59 Å². The number of pyridine rings is 3. The van der Waals surface area contributed by atoms with Gasteiger partial charge in [0.15, 0.2) is 0 Å². The Balaban J connectivity index is 1.34. The third-order valence-electron chi connectivity index (χ3n) is 7.78. The lowest BCUT2D eigenvalue weighted by Crippen LogP contribution is -2.32. The van der Waals surface area contributed by atoms with Crippen LogP contribution < -0.4 is 21.7 Å². The van der Waals surface area contributed by atoms with Crippen molar-refractivity contribution in [2.45, 2.75) is 32.2 Å². The summed E-state index contributed by atoms with van der Waals surface area (Å²) in [4.78, 5) is 51.2. The maximum atomic E-state index is 14.0. The number of fused-ring (bicyclic) bond motifs is 3. The Hall–Kier alpha value is -5.42. The minimum absolute atomic E-state index is 0.00281. The number of amides is 2. The van der Waals surface area contributed by atoms with Gasteiger partial charge in [0.2, 0.25) is 0 Å². The van der Waals surface area contributed by atoms with Gasteiger partial charge in [0, 0.05) is 29.2 Å². The SMILES string of the molecule is N=c1c(C(=O)Nc2sc3c(c2C(=O)Nc2ccccc2)CCCC3)cc2c(=O)n3ccccc3nc2n1Cc1cccnc1. The molecule has 0 saturated carbocycles. The van der Waals surface area contributed by atoms with Crippen LogP contribution in [0.2, 0.25) is 0 Å². The molecule has 5 heterocycles. The molecule has 11 heteroatoms. The minimum Gasteiger partial charge on any atom is -0.322 e. The molecule has 0 atom stereocenters. The zero-order valence-electron chi connectivity index (χ0n) is 23.5. The number of carbonyl (C=O) groups is 2. The normalized spacial score (nSPS) is 12.6. The standard InChI is InChI=1S/C33H27N7O3S/c34-28-23(17-24-29(40(28)19-20-9-8-15-35-18-20)37-26-14-6-7-16-39(26)33(24)43)30(41)38-32-27(22-12-4-5-13-25(22)44-32)31(42)36-21-10-2-1-3-11-21/h1-3,6-11,14-18,34H,4-5,12-13,19H2,(H,36,42)(H,38,41). The Bertz CT molecular complexity index is 2190. The van der Waals surface area contributed by atoms with Gasteiger partial charge in [-0.3, -0.25) is 29.2 Å². The molecule has 1 aromatic carbocycles. The first-order valence-electron chi connectivity index (χ1n) is 14.3. The van der Waals surface area contributed by atoms with Gasteiger partial charge >= 0.3 is 0 Å². The summed E-state index contributed by atoms with van der Waals surface area (Å²) in [7, 11) is 0. The van der Waals surface area contributed by atoms with Gasteiger partial charge in [0.05, 0.1) is 23.1 Å². The Morgan fingerprint density at radius 3 is 2.59 bits per heavy atom. The minimum atomic E-state index is -0.582. The van der Waals surface area contributed by atoms with Crippen LogP contribution in [-0.2, 0) is 19.4 Å². The second kappa shape index (κ2) is 11.3. The van der Waals surface area contributed by atoms with Crippen LogP contribution in [0.1, 0.15) is 49.6 Å². The highest BCUT2D eigenvalue weighted by molar-refractivity contribution is 7.17. The molecular formula is C33H27N7O3S. The fraction of sp³-hybridized carbons (Fsp3) is 0.152. The molecule has 0 saturated heterocycles. The molecule has 0 fully saturated rings. The van der Waals surface area contributed by atoms with Gasteiger partial charge < -0.3 is 15.2 Å². The van der Waals surface area contributed by atoms with Gasteiger partial charge in [-0.1, -0.05) is 30.3 Å². The van der Waals surface area contributed by atoms with Crippen molar-refractivity contribution in [1.29, 1.82) is 5.41 Å². The van der Waals surface area contributed by atoms with Crippen molar-refractivity contribution in [3.63, 3.8) is 0 Å². The molecule has 44 heavy (non-hydrogen) atoms. The van der Waals surface area contributed by atoms with E-state index in [1.807, 2.05) is 36.4 Å². The van der Waals surface area contributed by atoms with Crippen molar-refractivity contribution in [2.24, 2.45) is 0 Å². The van der Waals surface area contributed by atoms with Crippen molar-refractivity contribution in [1.82, 2.24) is 18.9 Å². The molecule has 3 N–H and O–H groups in total.